The summed E-state index contributed by atoms with van der Waals surface area (Å²) in [6, 6.07) is 0. The molecule has 2 rings (SSSR count). The maximum atomic E-state index is 10.1. The second-order valence-corrected chi connectivity index (χ2v) is 6.54. The van der Waals surface area contributed by atoms with Crippen LogP contribution in [0.15, 0.2) is 0 Å². The van der Waals surface area contributed by atoms with Crippen molar-refractivity contribution in [2.75, 3.05) is 18.4 Å². The quantitative estimate of drug-likeness (QED) is 0.349. The molecule has 0 saturated carbocycles. The van der Waals surface area contributed by atoms with Gasteiger partial charge >= 0.3 is 0 Å². The summed E-state index contributed by atoms with van der Waals surface area (Å²) in [5.74, 6) is -2.43. The predicted octanol–water partition coefficient (Wildman–Crippen LogP) is -1.66. The van der Waals surface area contributed by atoms with Crippen LogP contribution in [0, 0.1) is 0 Å². The molecule has 8 nitrogen and oxygen atoms in total. The molecule has 0 aliphatic carbocycles. The van der Waals surface area contributed by atoms with E-state index in [4.69, 9.17) is 49.0 Å². The van der Waals surface area contributed by atoms with E-state index in [0.29, 0.717) is 0 Å². The molecule has 11 heteroatoms. The van der Waals surface area contributed by atoms with E-state index in [-0.39, 0.29) is 5.88 Å². The maximum absolute atomic E-state index is 10.1. The second-order valence-electron chi connectivity index (χ2n) is 5.46. The molecule has 136 valence electrons. The van der Waals surface area contributed by atoms with Crippen LogP contribution < -0.4 is 0 Å². The van der Waals surface area contributed by atoms with Gasteiger partial charge in [-0.2, -0.15) is 0 Å². The van der Waals surface area contributed by atoms with Crippen molar-refractivity contribution in [3.05, 3.63) is 0 Å². The zero-order valence-corrected chi connectivity index (χ0v) is 14.1. The lowest BCUT2D eigenvalue weighted by molar-refractivity contribution is -0.357. The van der Waals surface area contributed by atoms with Crippen molar-refractivity contribution in [3.63, 3.8) is 0 Å². The summed E-state index contributed by atoms with van der Waals surface area (Å²) >= 11 is 17.3. The average Bonchev–Trinajstić information content (AvgIpc) is 2.80. The molecule has 0 amide bonds. The molecule has 0 aromatic heterocycles. The van der Waals surface area contributed by atoms with Gasteiger partial charge in [-0.05, 0) is 0 Å². The molecule has 0 radical (unpaired) electrons. The molecular formula is C12H19Cl3O8. The Morgan fingerprint density at radius 2 is 1.65 bits per heavy atom. The first-order valence-corrected chi connectivity index (χ1v) is 8.42. The normalized spacial score (nSPS) is 51.1. The first-order chi connectivity index (χ1) is 10.8. The number of aliphatic hydroxyl groups excluding tert-OH is 5. The number of alkyl halides is 3. The number of rotatable bonds is 5. The third-order valence-electron chi connectivity index (χ3n) is 3.96. The van der Waals surface area contributed by atoms with Crippen molar-refractivity contribution in [2.45, 2.75) is 54.1 Å². The molecular weight excluding hydrogens is 378 g/mol. The van der Waals surface area contributed by atoms with Gasteiger partial charge in [0.2, 0.25) is 5.79 Å². The van der Waals surface area contributed by atoms with E-state index in [1.165, 1.54) is 0 Å². The SMILES string of the molecule is OCC1O[C@@H](O[C@]2(CCl)O[C@@H](CCl)C(O)[C@H]2O)C(O)[C@H](O)[C@H]1Cl. The summed E-state index contributed by atoms with van der Waals surface area (Å²) in [6.45, 7) is -0.526. The highest BCUT2D eigenvalue weighted by atomic mass is 35.5. The molecule has 2 heterocycles. The Balaban J connectivity index is 2.18. The standard InChI is InChI=1S/C12H19Cl3O8/c13-1-4-7(17)10(20)12(3-14,22-4)23-11-9(19)8(18)6(15)5(2-16)21-11/h4-11,16-20H,1-3H2/t4-,5?,6-,7?,8+,9?,10+,11-,12-/m0/s1. The first-order valence-electron chi connectivity index (χ1n) is 6.91. The fourth-order valence-electron chi connectivity index (χ4n) is 2.56. The number of halogens is 3. The Bertz CT molecular complexity index is 403. The lowest BCUT2D eigenvalue weighted by Crippen LogP contribution is -2.61. The predicted molar refractivity (Wildman–Crippen MR) is 79.5 cm³/mol. The highest BCUT2D eigenvalue weighted by molar-refractivity contribution is 6.21. The molecule has 2 aliphatic rings. The summed E-state index contributed by atoms with van der Waals surface area (Å²) in [5.41, 5.74) is 0. The lowest BCUT2D eigenvalue weighted by atomic mass is 10.0. The van der Waals surface area contributed by atoms with E-state index in [1.807, 2.05) is 0 Å². The van der Waals surface area contributed by atoms with Crippen molar-refractivity contribution in [1.82, 2.24) is 0 Å². The van der Waals surface area contributed by atoms with E-state index in [9.17, 15) is 25.5 Å². The lowest BCUT2D eigenvalue weighted by Gasteiger charge is -2.43. The minimum Gasteiger partial charge on any atom is -0.394 e. The summed E-state index contributed by atoms with van der Waals surface area (Å²) in [6.07, 6.45) is -9.39. The summed E-state index contributed by atoms with van der Waals surface area (Å²) in [7, 11) is 0. The molecule has 2 saturated heterocycles. The van der Waals surface area contributed by atoms with Crippen LogP contribution in [0.5, 0.6) is 0 Å². The zero-order chi connectivity index (χ0) is 17.4. The van der Waals surface area contributed by atoms with Crippen molar-refractivity contribution in [3.8, 4) is 0 Å². The van der Waals surface area contributed by atoms with Gasteiger partial charge in [0.05, 0.1) is 23.7 Å². The van der Waals surface area contributed by atoms with Crippen LogP contribution in [-0.2, 0) is 14.2 Å². The van der Waals surface area contributed by atoms with E-state index in [1.54, 1.807) is 0 Å². The molecule has 2 aliphatic heterocycles. The Morgan fingerprint density at radius 3 is 2.13 bits per heavy atom. The largest absolute Gasteiger partial charge is 0.394 e. The zero-order valence-electron chi connectivity index (χ0n) is 11.8. The average molecular weight is 398 g/mol. The number of aliphatic hydroxyl groups is 5. The number of ether oxygens (including phenoxy) is 3. The van der Waals surface area contributed by atoms with Gasteiger partial charge in [-0.25, -0.2) is 0 Å². The smallest absolute Gasteiger partial charge is 0.214 e. The Kier molecular flexibility index (Phi) is 6.77. The van der Waals surface area contributed by atoms with Gasteiger partial charge in [0.1, 0.15) is 36.6 Å². The topological polar surface area (TPSA) is 129 Å². The van der Waals surface area contributed by atoms with Crippen LogP contribution in [0.25, 0.3) is 0 Å². The monoisotopic (exact) mass is 396 g/mol. The van der Waals surface area contributed by atoms with Gasteiger partial charge in [-0.3, -0.25) is 0 Å². The number of hydrogen-bond acceptors (Lipinski definition) is 8. The number of hydrogen-bond donors (Lipinski definition) is 5. The summed E-state index contributed by atoms with van der Waals surface area (Å²) in [5, 5.41) is 48.1. The van der Waals surface area contributed by atoms with Crippen LogP contribution in [0.4, 0.5) is 0 Å². The highest BCUT2D eigenvalue weighted by Gasteiger charge is 2.58. The van der Waals surface area contributed by atoms with Gasteiger partial charge < -0.3 is 39.7 Å². The van der Waals surface area contributed by atoms with Crippen LogP contribution in [0.2, 0.25) is 0 Å². The molecule has 0 aromatic rings. The van der Waals surface area contributed by atoms with E-state index < -0.39 is 66.6 Å². The maximum Gasteiger partial charge on any atom is 0.214 e. The van der Waals surface area contributed by atoms with Crippen molar-refractivity contribution < 1.29 is 39.7 Å². The van der Waals surface area contributed by atoms with Crippen LogP contribution in [0.1, 0.15) is 0 Å². The first kappa shape index (κ1) is 19.9. The van der Waals surface area contributed by atoms with Gasteiger partial charge in [0.15, 0.2) is 6.29 Å². The van der Waals surface area contributed by atoms with Gasteiger partial charge in [0.25, 0.3) is 0 Å². The van der Waals surface area contributed by atoms with Crippen molar-refractivity contribution in [2.24, 2.45) is 0 Å². The van der Waals surface area contributed by atoms with E-state index in [2.05, 4.69) is 0 Å². The van der Waals surface area contributed by atoms with Crippen molar-refractivity contribution >= 4 is 34.8 Å². The summed E-state index contributed by atoms with van der Waals surface area (Å²) in [4.78, 5) is 0. The minimum atomic E-state index is -1.90. The Hall–Kier alpha value is 0.550. The molecule has 5 N–H and O–H groups in total. The molecule has 0 aromatic carbocycles. The van der Waals surface area contributed by atoms with E-state index >= 15 is 0 Å². The second kappa shape index (κ2) is 7.84. The third-order valence-corrected chi connectivity index (χ3v) is 5.17. The third kappa shape index (κ3) is 3.58. The Labute approximate surface area is 147 Å². The van der Waals surface area contributed by atoms with E-state index in [0.717, 1.165) is 0 Å². The fraction of sp³-hybridized carbons (Fsp3) is 1.00. The van der Waals surface area contributed by atoms with Gasteiger partial charge in [0, 0.05) is 0 Å². The van der Waals surface area contributed by atoms with Gasteiger partial charge in [-0.1, -0.05) is 0 Å². The summed E-state index contributed by atoms with van der Waals surface area (Å²) < 4.78 is 16.1. The Morgan fingerprint density at radius 1 is 1.00 bits per heavy atom. The van der Waals surface area contributed by atoms with Crippen LogP contribution >= 0.6 is 34.8 Å². The molecule has 23 heavy (non-hydrogen) atoms. The van der Waals surface area contributed by atoms with Crippen LogP contribution in [-0.4, -0.2) is 98.0 Å². The molecule has 9 atom stereocenters. The van der Waals surface area contributed by atoms with Crippen molar-refractivity contribution in [1.29, 1.82) is 0 Å². The highest BCUT2D eigenvalue weighted by Crippen LogP contribution is 2.37. The molecule has 0 bridgehead atoms. The molecule has 2 fully saturated rings. The molecule has 3 unspecified atom stereocenters. The fourth-order valence-corrected chi connectivity index (χ4v) is 3.37. The molecule has 0 spiro atoms. The van der Waals surface area contributed by atoms with Gasteiger partial charge in [-0.15, -0.1) is 34.8 Å². The van der Waals surface area contributed by atoms with Crippen LogP contribution in [0.3, 0.4) is 0 Å². The minimum absolute atomic E-state index is 0.125.